The molecule has 0 fully saturated rings. The lowest BCUT2D eigenvalue weighted by molar-refractivity contribution is -0.123. The van der Waals surface area contributed by atoms with Crippen molar-refractivity contribution in [2.24, 2.45) is 0 Å². The van der Waals surface area contributed by atoms with Crippen molar-refractivity contribution in [2.45, 2.75) is 6.92 Å². The molecule has 88 valence electrons. The van der Waals surface area contributed by atoms with E-state index in [1.807, 2.05) is 13.0 Å². The number of hydrogen-bond donors (Lipinski definition) is 2. The van der Waals surface area contributed by atoms with Crippen molar-refractivity contribution in [3.05, 3.63) is 28.8 Å². The summed E-state index contributed by atoms with van der Waals surface area (Å²) in [5, 5.41) is 11.5. The van der Waals surface area contributed by atoms with Crippen LogP contribution < -0.4 is 10.1 Å². The van der Waals surface area contributed by atoms with Crippen molar-refractivity contribution >= 4 is 17.5 Å². The zero-order valence-corrected chi connectivity index (χ0v) is 9.75. The van der Waals surface area contributed by atoms with Gasteiger partial charge in [0.15, 0.2) is 6.61 Å². The first kappa shape index (κ1) is 12.8. The lowest BCUT2D eigenvalue weighted by atomic mass is 10.2. The van der Waals surface area contributed by atoms with E-state index in [0.717, 1.165) is 5.56 Å². The van der Waals surface area contributed by atoms with Crippen LogP contribution in [0.25, 0.3) is 0 Å². The molecule has 1 amide bonds. The van der Waals surface area contributed by atoms with Crippen molar-refractivity contribution < 1.29 is 14.6 Å². The van der Waals surface area contributed by atoms with Crippen LogP contribution in [0.4, 0.5) is 0 Å². The Morgan fingerprint density at radius 2 is 2.31 bits per heavy atom. The lowest BCUT2D eigenvalue weighted by Gasteiger charge is -2.08. The molecule has 0 saturated carbocycles. The molecule has 0 unspecified atom stereocenters. The number of aryl methyl sites for hydroxylation is 1. The predicted molar refractivity (Wildman–Crippen MR) is 61.8 cm³/mol. The Balaban J connectivity index is 2.47. The normalized spacial score (nSPS) is 9.94. The van der Waals surface area contributed by atoms with E-state index < -0.39 is 0 Å². The van der Waals surface area contributed by atoms with Gasteiger partial charge in [-0.25, -0.2) is 0 Å². The van der Waals surface area contributed by atoms with Crippen molar-refractivity contribution in [2.75, 3.05) is 19.8 Å². The highest BCUT2D eigenvalue weighted by Crippen LogP contribution is 2.24. The van der Waals surface area contributed by atoms with Gasteiger partial charge in [0, 0.05) is 6.54 Å². The average Bonchev–Trinajstić information content (AvgIpc) is 2.27. The number of nitrogens with one attached hydrogen (secondary N) is 1. The minimum absolute atomic E-state index is 0.0864. The molecule has 16 heavy (non-hydrogen) atoms. The van der Waals surface area contributed by atoms with Crippen LogP contribution in [0.15, 0.2) is 18.2 Å². The van der Waals surface area contributed by atoms with Gasteiger partial charge in [0.25, 0.3) is 5.91 Å². The number of halogens is 1. The molecular weight excluding hydrogens is 230 g/mol. The van der Waals surface area contributed by atoms with Crippen LogP contribution in [0.1, 0.15) is 5.56 Å². The minimum atomic E-state index is -0.286. The average molecular weight is 244 g/mol. The molecule has 0 bridgehead atoms. The number of carbonyl (C=O) groups is 1. The summed E-state index contributed by atoms with van der Waals surface area (Å²) in [4.78, 5) is 11.2. The first-order valence-corrected chi connectivity index (χ1v) is 5.28. The van der Waals surface area contributed by atoms with E-state index in [0.29, 0.717) is 10.8 Å². The second kappa shape index (κ2) is 6.35. The fourth-order valence-electron chi connectivity index (χ4n) is 1.11. The molecule has 0 spiro atoms. The molecule has 0 aliphatic rings. The Hall–Kier alpha value is -1.26. The molecule has 0 aromatic heterocycles. The third-order valence-corrected chi connectivity index (χ3v) is 2.19. The van der Waals surface area contributed by atoms with Crippen LogP contribution in [0.3, 0.4) is 0 Å². The third kappa shape index (κ3) is 4.08. The molecule has 0 radical (unpaired) electrons. The summed E-state index contributed by atoms with van der Waals surface area (Å²) < 4.78 is 5.25. The molecule has 4 nitrogen and oxygen atoms in total. The fraction of sp³-hybridized carbons (Fsp3) is 0.364. The van der Waals surface area contributed by atoms with E-state index in [4.69, 9.17) is 21.4 Å². The number of aliphatic hydroxyl groups excluding tert-OH is 1. The maximum atomic E-state index is 11.2. The SMILES string of the molecule is Cc1ccc(Cl)c(OCC(=O)NCCO)c1. The molecule has 0 aliphatic heterocycles. The van der Waals surface area contributed by atoms with Gasteiger partial charge >= 0.3 is 0 Å². The molecule has 0 aliphatic carbocycles. The highest BCUT2D eigenvalue weighted by Gasteiger charge is 2.05. The van der Waals surface area contributed by atoms with Gasteiger partial charge < -0.3 is 15.2 Å². The van der Waals surface area contributed by atoms with Gasteiger partial charge in [-0.05, 0) is 24.6 Å². The highest BCUT2D eigenvalue weighted by molar-refractivity contribution is 6.32. The van der Waals surface area contributed by atoms with Gasteiger partial charge in [-0.15, -0.1) is 0 Å². The van der Waals surface area contributed by atoms with Gasteiger partial charge in [-0.2, -0.15) is 0 Å². The second-order valence-electron chi connectivity index (χ2n) is 3.30. The number of ether oxygens (including phenoxy) is 1. The van der Waals surface area contributed by atoms with Crippen LogP contribution >= 0.6 is 11.6 Å². The number of amides is 1. The van der Waals surface area contributed by atoms with E-state index >= 15 is 0 Å². The van der Waals surface area contributed by atoms with Gasteiger partial charge in [-0.3, -0.25) is 4.79 Å². The Kier molecular flexibility index (Phi) is 5.08. The predicted octanol–water partition coefficient (Wildman–Crippen LogP) is 1.14. The minimum Gasteiger partial charge on any atom is -0.482 e. The summed E-state index contributed by atoms with van der Waals surface area (Å²) in [6.07, 6.45) is 0. The van der Waals surface area contributed by atoms with E-state index in [1.54, 1.807) is 12.1 Å². The Morgan fingerprint density at radius 1 is 1.56 bits per heavy atom. The van der Waals surface area contributed by atoms with Gasteiger partial charge in [0.05, 0.1) is 11.6 Å². The van der Waals surface area contributed by atoms with Crippen molar-refractivity contribution in [3.63, 3.8) is 0 Å². The molecule has 1 aromatic carbocycles. The van der Waals surface area contributed by atoms with Crippen LogP contribution in [-0.2, 0) is 4.79 Å². The summed E-state index contributed by atoms with van der Waals surface area (Å²) in [7, 11) is 0. The number of rotatable bonds is 5. The number of hydrogen-bond acceptors (Lipinski definition) is 3. The van der Waals surface area contributed by atoms with Crippen LogP contribution in [0, 0.1) is 6.92 Å². The number of carbonyl (C=O) groups excluding carboxylic acids is 1. The van der Waals surface area contributed by atoms with Crippen molar-refractivity contribution in [3.8, 4) is 5.75 Å². The summed E-state index contributed by atoms with van der Waals surface area (Å²) in [5.74, 6) is 0.201. The monoisotopic (exact) mass is 243 g/mol. The molecule has 0 atom stereocenters. The summed E-state index contributed by atoms with van der Waals surface area (Å²) >= 11 is 5.89. The van der Waals surface area contributed by atoms with Crippen LogP contribution in [0.5, 0.6) is 5.75 Å². The van der Waals surface area contributed by atoms with E-state index in [1.165, 1.54) is 0 Å². The standard InChI is InChI=1S/C11H14ClNO3/c1-8-2-3-9(12)10(6-8)16-7-11(15)13-4-5-14/h2-3,6,14H,4-5,7H2,1H3,(H,13,15). The van der Waals surface area contributed by atoms with Crippen molar-refractivity contribution in [1.29, 1.82) is 0 Å². The molecule has 0 saturated heterocycles. The Labute approximate surface area is 99.2 Å². The maximum absolute atomic E-state index is 11.2. The summed E-state index contributed by atoms with van der Waals surface area (Å²) in [5.41, 5.74) is 1.01. The zero-order valence-electron chi connectivity index (χ0n) is 9.00. The molecule has 0 heterocycles. The summed E-state index contributed by atoms with van der Waals surface area (Å²) in [6.45, 7) is 1.94. The zero-order chi connectivity index (χ0) is 12.0. The van der Waals surface area contributed by atoms with Crippen LogP contribution in [-0.4, -0.2) is 30.8 Å². The van der Waals surface area contributed by atoms with E-state index in [2.05, 4.69) is 5.32 Å². The Morgan fingerprint density at radius 3 is 3.00 bits per heavy atom. The first-order chi connectivity index (χ1) is 7.63. The Bertz CT molecular complexity index is 368. The van der Waals surface area contributed by atoms with E-state index in [-0.39, 0.29) is 25.7 Å². The third-order valence-electron chi connectivity index (χ3n) is 1.88. The lowest BCUT2D eigenvalue weighted by Crippen LogP contribution is -2.31. The quantitative estimate of drug-likeness (QED) is 0.815. The second-order valence-corrected chi connectivity index (χ2v) is 3.70. The number of aliphatic hydroxyl groups is 1. The van der Waals surface area contributed by atoms with Gasteiger partial charge in [0.1, 0.15) is 5.75 Å². The molecular formula is C11H14ClNO3. The van der Waals surface area contributed by atoms with Crippen LogP contribution in [0.2, 0.25) is 5.02 Å². The molecule has 2 N–H and O–H groups in total. The fourth-order valence-corrected chi connectivity index (χ4v) is 1.28. The number of benzene rings is 1. The topological polar surface area (TPSA) is 58.6 Å². The van der Waals surface area contributed by atoms with Gasteiger partial charge in [0.2, 0.25) is 0 Å². The first-order valence-electron chi connectivity index (χ1n) is 4.90. The molecule has 1 aromatic rings. The molecule has 1 rings (SSSR count). The molecule has 5 heteroatoms. The van der Waals surface area contributed by atoms with Crippen molar-refractivity contribution in [1.82, 2.24) is 5.32 Å². The van der Waals surface area contributed by atoms with E-state index in [9.17, 15) is 4.79 Å². The maximum Gasteiger partial charge on any atom is 0.258 e. The smallest absolute Gasteiger partial charge is 0.258 e. The summed E-state index contributed by atoms with van der Waals surface area (Å²) in [6, 6.07) is 5.35. The van der Waals surface area contributed by atoms with Gasteiger partial charge in [-0.1, -0.05) is 17.7 Å². The largest absolute Gasteiger partial charge is 0.482 e. The highest BCUT2D eigenvalue weighted by atomic mass is 35.5.